The van der Waals surface area contributed by atoms with Gasteiger partial charge >= 0.3 is 0 Å². The van der Waals surface area contributed by atoms with Crippen LogP contribution in [0.4, 0.5) is 4.39 Å². The largest absolute Gasteiger partial charge is 0.316 e. The maximum absolute atomic E-state index is 13.6. The van der Waals surface area contributed by atoms with Crippen molar-refractivity contribution in [3.8, 4) is 0 Å². The van der Waals surface area contributed by atoms with E-state index < -0.39 is 20.9 Å². The lowest BCUT2D eigenvalue weighted by Gasteiger charge is -2.06. The summed E-state index contributed by atoms with van der Waals surface area (Å²) >= 11 is 0. The van der Waals surface area contributed by atoms with E-state index in [2.05, 4.69) is 0 Å². The van der Waals surface area contributed by atoms with E-state index in [-0.39, 0.29) is 11.4 Å². The van der Waals surface area contributed by atoms with Crippen molar-refractivity contribution >= 4 is 9.84 Å². The first-order valence-corrected chi connectivity index (χ1v) is 6.49. The third-order valence-electron chi connectivity index (χ3n) is 2.55. The monoisotopic (exact) mass is 245 g/mol. The summed E-state index contributed by atoms with van der Waals surface area (Å²) in [4.78, 5) is -0.239. The van der Waals surface area contributed by atoms with Crippen molar-refractivity contribution in [3.63, 3.8) is 0 Å². The molecule has 0 spiro atoms. The van der Waals surface area contributed by atoms with Gasteiger partial charge in [0, 0.05) is 6.54 Å². The second kappa shape index (κ2) is 4.12. The van der Waals surface area contributed by atoms with E-state index in [0.29, 0.717) is 18.4 Å². The summed E-state index contributed by atoms with van der Waals surface area (Å²) in [6, 6.07) is 3.87. The van der Waals surface area contributed by atoms with Crippen molar-refractivity contribution in [3.05, 3.63) is 29.6 Å². The minimum Gasteiger partial charge on any atom is -0.316 e. The van der Waals surface area contributed by atoms with Crippen LogP contribution >= 0.6 is 0 Å². The van der Waals surface area contributed by atoms with Crippen LogP contribution in [0, 0.1) is 5.82 Å². The van der Waals surface area contributed by atoms with Crippen LogP contribution in [0.3, 0.4) is 0 Å². The van der Waals surface area contributed by atoms with Crippen molar-refractivity contribution in [1.29, 1.82) is 0 Å². The normalized spacial score (nSPS) is 16.4. The topological polar surface area (TPSA) is 66.4 Å². The van der Waals surface area contributed by atoms with Crippen LogP contribution < -0.4 is 5.48 Å². The van der Waals surface area contributed by atoms with Gasteiger partial charge in [-0.2, -0.15) is 0 Å². The highest BCUT2D eigenvalue weighted by molar-refractivity contribution is 7.92. The Labute approximate surface area is 93.0 Å². The van der Waals surface area contributed by atoms with Gasteiger partial charge in [-0.15, -0.1) is 0 Å². The molecule has 0 aliphatic heterocycles. The van der Waals surface area contributed by atoms with Crippen molar-refractivity contribution in [2.75, 3.05) is 0 Å². The molecule has 1 aliphatic carbocycles. The molecule has 0 bridgehead atoms. The van der Waals surface area contributed by atoms with Gasteiger partial charge in [0.1, 0.15) is 10.7 Å². The summed E-state index contributed by atoms with van der Waals surface area (Å²) in [5.74, 6) is -0.750. The molecule has 2 N–H and O–H groups in total. The van der Waals surface area contributed by atoms with Gasteiger partial charge in [0.15, 0.2) is 9.84 Å². The van der Waals surface area contributed by atoms with E-state index in [1.54, 1.807) is 0 Å². The van der Waals surface area contributed by atoms with Gasteiger partial charge in [-0.05, 0) is 30.5 Å². The van der Waals surface area contributed by atoms with Crippen LogP contribution in [0.25, 0.3) is 0 Å². The Morgan fingerprint density at radius 1 is 1.44 bits per heavy atom. The molecule has 1 aromatic rings. The molecule has 0 unspecified atom stereocenters. The first-order valence-electron chi connectivity index (χ1n) is 4.95. The molecule has 0 saturated heterocycles. The minimum atomic E-state index is -3.49. The maximum Gasteiger partial charge on any atom is 0.184 e. The Balaban J connectivity index is 2.36. The number of nitrogens with one attached hydrogen (secondary N) is 1. The first-order chi connectivity index (χ1) is 7.55. The fraction of sp³-hybridized carbons (Fsp3) is 0.400. The molecule has 0 atom stereocenters. The van der Waals surface area contributed by atoms with Crippen LogP contribution in [0.2, 0.25) is 0 Å². The number of hydroxylamine groups is 1. The molecule has 0 radical (unpaired) electrons. The summed E-state index contributed by atoms with van der Waals surface area (Å²) in [6.45, 7) is 0.0840. The summed E-state index contributed by atoms with van der Waals surface area (Å²) in [5, 5.41) is 8.03. The van der Waals surface area contributed by atoms with E-state index in [0.717, 1.165) is 6.07 Å². The number of hydrogen-bond acceptors (Lipinski definition) is 4. The Morgan fingerprint density at radius 3 is 2.62 bits per heavy atom. The summed E-state index contributed by atoms with van der Waals surface area (Å²) < 4.78 is 37.1. The third kappa shape index (κ3) is 2.09. The van der Waals surface area contributed by atoms with Crippen molar-refractivity contribution in [2.24, 2.45) is 0 Å². The SMILES string of the molecule is O=S(=O)(c1ccc(CNO)cc1F)C1CC1. The molecule has 0 heterocycles. The number of hydrogen-bond donors (Lipinski definition) is 2. The molecule has 1 aliphatic rings. The Hall–Kier alpha value is -0.980. The van der Waals surface area contributed by atoms with Gasteiger partial charge in [-0.25, -0.2) is 18.3 Å². The van der Waals surface area contributed by atoms with Crippen molar-refractivity contribution in [1.82, 2.24) is 5.48 Å². The molecule has 16 heavy (non-hydrogen) atoms. The van der Waals surface area contributed by atoms with Gasteiger partial charge in [0.25, 0.3) is 0 Å². The third-order valence-corrected chi connectivity index (χ3v) is 4.84. The lowest BCUT2D eigenvalue weighted by atomic mass is 10.2. The predicted octanol–water partition coefficient (Wildman–Crippen LogP) is 1.24. The highest BCUT2D eigenvalue weighted by atomic mass is 32.2. The zero-order valence-electron chi connectivity index (χ0n) is 8.48. The average molecular weight is 245 g/mol. The average Bonchev–Trinajstić information content (AvgIpc) is 3.00. The molecule has 0 aromatic heterocycles. The second-order valence-electron chi connectivity index (χ2n) is 3.84. The van der Waals surface area contributed by atoms with Gasteiger partial charge in [-0.3, -0.25) is 0 Å². The smallest absolute Gasteiger partial charge is 0.184 e. The van der Waals surface area contributed by atoms with Gasteiger partial charge in [0.2, 0.25) is 0 Å². The number of sulfone groups is 1. The zero-order chi connectivity index (χ0) is 11.8. The van der Waals surface area contributed by atoms with E-state index in [1.807, 2.05) is 5.48 Å². The quantitative estimate of drug-likeness (QED) is 0.783. The number of benzene rings is 1. The maximum atomic E-state index is 13.6. The van der Waals surface area contributed by atoms with Gasteiger partial charge in [-0.1, -0.05) is 6.07 Å². The second-order valence-corrected chi connectivity index (χ2v) is 6.04. The van der Waals surface area contributed by atoms with E-state index in [9.17, 15) is 12.8 Å². The minimum absolute atomic E-state index is 0.0840. The zero-order valence-corrected chi connectivity index (χ0v) is 9.30. The highest BCUT2D eigenvalue weighted by Crippen LogP contribution is 2.34. The van der Waals surface area contributed by atoms with Crippen molar-refractivity contribution < 1.29 is 18.0 Å². The predicted molar refractivity (Wildman–Crippen MR) is 55.2 cm³/mol. The lowest BCUT2D eigenvalue weighted by molar-refractivity contribution is 0.161. The number of rotatable bonds is 4. The molecular weight excluding hydrogens is 233 g/mol. The molecule has 88 valence electrons. The van der Waals surface area contributed by atoms with Crippen LogP contribution in [0.1, 0.15) is 18.4 Å². The van der Waals surface area contributed by atoms with Crippen LogP contribution in [0.15, 0.2) is 23.1 Å². The molecule has 2 rings (SSSR count). The first kappa shape index (κ1) is 11.5. The van der Waals surface area contributed by atoms with Gasteiger partial charge < -0.3 is 5.21 Å². The lowest BCUT2D eigenvalue weighted by Crippen LogP contribution is -2.11. The van der Waals surface area contributed by atoms with Crippen LogP contribution in [0.5, 0.6) is 0 Å². The molecule has 1 fully saturated rings. The summed E-state index contributed by atoms with van der Waals surface area (Å²) in [6.07, 6.45) is 1.23. The summed E-state index contributed by atoms with van der Waals surface area (Å²) in [7, 11) is -3.49. The Bertz CT molecular complexity index is 497. The Morgan fingerprint density at radius 2 is 2.12 bits per heavy atom. The van der Waals surface area contributed by atoms with Crippen LogP contribution in [-0.4, -0.2) is 18.9 Å². The Kier molecular flexibility index (Phi) is 2.96. The molecule has 0 amide bonds. The molecule has 4 nitrogen and oxygen atoms in total. The summed E-state index contributed by atoms with van der Waals surface area (Å²) in [5.41, 5.74) is 2.38. The van der Waals surface area contributed by atoms with E-state index in [4.69, 9.17) is 5.21 Å². The van der Waals surface area contributed by atoms with E-state index >= 15 is 0 Å². The standard InChI is InChI=1S/C10H12FNO3S/c11-9-5-7(6-12-13)1-4-10(9)16(14,15)8-2-3-8/h1,4-5,8,12-13H,2-3,6H2. The van der Waals surface area contributed by atoms with Crippen LogP contribution in [-0.2, 0) is 16.4 Å². The number of halogens is 1. The fourth-order valence-corrected chi connectivity index (χ4v) is 3.24. The fourth-order valence-electron chi connectivity index (χ4n) is 1.53. The molecular formula is C10H12FNO3S. The highest BCUT2D eigenvalue weighted by Gasteiger charge is 2.38. The molecule has 1 aromatic carbocycles. The molecule has 6 heteroatoms. The van der Waals surface area contributed by atoms with Crippen molar-refractivity contribution in [2.45, 2.75) is 29.5 Å². The van der Waals surface area contributed by atoms with E-state index in [1.165, 1.54) is 12.1 Å². The molecule has 1 saturated carbocycles. The van der Waals surface area contributed by atoms with Gasteiger partial charge in [0.05, 0.1) is 5.25 Å².